The molecule has 2 aromatic heterocycles. The van der Waals surface area contributed by atoms with Crippen LogP contribution >= 0.6 is 23.1 Å². The van der Waals surface area contributed by atoms with Gasteiger partial charge in [-0.2, -0.15) is 0 Å². The third kappa shape index (κ3) is 5.27. The van der Waals surface area contributed by atoms with Gasteiger partial charge < -0.3 is 14.4 Å². The summed E-state index contributed by atoms with van der Waals surface area (Å²) in [5.74, 6) is 1.31. The number of likely N-dealkylation sites (N-methyl/N-ethyl adjacent to an activating group) is 1. The first-order valence-electron chi connectivity index (χ1n) is 11.5. The number of rotatable bonds is 9. The van der Waals surface area contributed by atoms with Gasteiger partial charge in [0.15, 0.2) is 16.7 Å². The maximum atomic E-state index is 13.4. The number of amides is 1. The largest absolute Gasteiger partial charge is 0.493 e. The molecule has 7 nitrogen and oxygen atoms in total. The molecule has 0 N–H and O–H groups in total. The van der Waals surface area contributed by atoms with Crippen molar-refractivity contribution in [3.8, 4) is 17.2 Å². The molecule has 1 unspecified atom stereocenters. The maximum absolute atomic E-state index is 13.4. The van der Waals surface area contributed by atoms with Crippen molar-refractivity contribution in [2.24, 2.45) is 0 Å². The Labute approximate surface area is 218 Å². The molecule has 9 heteroatoms. The second kappa shape index (κ2) is 11.2. The highest BCUT2D eigenvalue weighted by Crippen LogP contribution is 2.29. The van der Waals surface area contributed by atoms with Gasteiger partial charge in [-0.3, -0.25) is 14.2 Å². The molecule has 4 rings (SSSR count). The Morgan fingerprint density at radius 2 is 1.89 bits per heavy atom. The fraction of sp³-hybridized carbons (Fsp3) is 0.296. The lowest BCUT2D eigenvalue weighted by Crippen LogP contribution is -2.35. The third-order valence-electron chi connectivity index (χ3n) is 6.01. The van der Waals surface area contributed by atoms with Crippen molar-refractivity contribution in [3.63, 3.8) is 0 Å². The highest BCUT2D eigenvalue weighted by molar-refractivity contribution is 8.00. The molecule has 188 valence electrons. The molecular weight excluding hydrogens is 494 g/mol. The van der Waals surface area contributed by atoms with E-state index in [1.165, 1.54) is 23.1 Å². The van der Waals surface area contributed by atoms with Gasteiger partial charge in [-0.15, -0.1) is 11.3 Å². The van der Waals surface area contributed by atoms with E-state index < -0.39 is 5.25 Å². The fourth-order valence-corrected chi connectivity index (χ4v) is 5.80. The summed E-state index contributed by atoms with van der Waals surface area (Å²) >= 11 is 2.73. The van der Waals surface area contributed by atoms with Crippen LogP contribution < -0.4 is 15.0 Å². The normalized spacial score (nSPS) is 11.9. The number of aryl methyl sites for hydroxylation is 1. The number of thiophene rings is 1. The summed E-state index contributed by atoms with van der Waals surface area (Å²) < 4.78 is 12.3. The van der Waals surface area contributed by atoms with Gasteiger partial charge in [-0.1, -0.05) is 36.0 Å². The summed E-state index contributed by atoms with van der Waals surface area (Å²) in [7, 11) is 5.01. The van der Waals surface area contributed by atoms with Crippen LogP contribution in [0, 0.1) is 6.92 Å². The molecular formula is C27H29N3O4S2. The van der Waals surface area contributed by atoms with E-state index in [1.807, 2.05) is 61.7 Å². The lowest BCUT2D eigenvalue weighted by atomic mass is 10.1. The SMILES string of the molecule is COc1ccc(CCN(C)C(=O)C(C)Sc2nc3sccc3c(=O)n2-c2ccccc2C)cc1OC. The summed E-state index contributed by atoms with van der Waals surface area (Å²) in [6.45, 7) is 4.36. The van der Waals surface area contributed by atoms with E-state index in [4.69, 9.17) is 14.5 Å². The lowest BCUT2D eigenvalue weighted by Gasteiger charge is -2.22. The Morgan fingerprint density at radius 1 is 1.14 bits per heavy atom. The van der Waals surface area contributed by atoms with Gasteiger partial charge in [0.25, 0.3) is 5.56 Å². The quantitative estimate of drug-likeness (QED) is 0.228. The van der Waals surface area contributed by atoms with Crippen molar-refractivity contribution in [2.75, 3.05) is 27.8 Å². The van der Waals surface area contributed by atoms with Crippen LogP contribution in [-0.2, 0) is 11.2 Å². The van der Waals surface area contributed by atoms with E-state index in [-0.39, 0.29) is 11.5 Å². The zero-order valence-corrected chi connectivity index (χ0v) is 22.6. The molecule has 0 saturated heterocycles. The first-order chi connectivity index (χ1) is 17.3. The number of hydrogen-bond donors (Lipinski definition) is 0. The lowest BCUT2D eigenvalue weighted by molar-refractivity contribution is -0.129. The topological polar surface area (TPSA) is 73.7 Å². The molecule has 0 spiro atoms. The van der Waals surface area contributed by atoms with Crippen LogP contribution in [0.3, 0.4) is 0 Å². The van der Waals surface area contributed by atoms with Gasteiger partial charge in [0.05, 0.1) is 30.5 Å². The minimum absolute atomic E-state index is 0.0302. The maximum Gasteiger partial charge on any atom is 0.267 e. The second-order valence-electron chi connectivity index (χ2n) is 8.42. The minimum atomic E-state index is -0.431. The van der Waals surface area contributed by atoms with Gasteiger partial charge in [-0.25, -0.2) is 4.98 Å². The van der Waals surface area contributed by atoms with Crippen molar-refractivity contribution in [3.05, 3.63) is 75.4 Å². The first kappa shape index (κ1) is 25.8. The van der Waals surface area contributed by atoms with E-state index >= 15 is 0 Å². The highest BCUT2D eigenvalue weighted by Gasteiger charge is 2.23. The number of hydrogen-bond acceptors (Lipinski definition) is 7. The van der Waals surface area contributed by atoms with Gasteiger partial charge in [0, 0.05) is 13.6 Å². The van der Waals surface area contributed by atoms with Crippen molar-refractivity contribution < 1.29 is 14.3 Å². The predicted octanol–water partition coefficient (Wildman–Crippen LogP) is 4.95. The zero-order chi connectivity index (χ0) is 25.8. The van der Waals surface area contributed by atoms with Gasteiger partial charge >= 0.3 is 0 Å². The van der Waals surface area contributed by atoms with Crippen LogP contribution in [0.15, 0.2) is 63.9 Å². The van der Waals surface area contributed by atoms with Crippen LogP contribution in [-0.4, -0.2) is 53.4 Å². The molecule has 0 aliphatic heterocycles. The average Bonchev–Trinajstić information content (AvgIpc) is 3.36. The summed E-state index contributed by atoms with van der Waals surface area (Å²) in [6, 6.07) is 15.3. The third-order valence-corrected chi connectivity index (χ3v) is 7.86. The molecule has 0 bridgehead atoms. The summed E-state index contributed by atoms with van der Waals surface area (Å²) in [5, 5.41) is 2.53. The van der Waals surface area contributed by atoms with Crippen molar-refractivity contribution in [1.29, 1.82) is 0 Å². The van der Waals surface area contributed by atoms with Crippen LogP contribution in [0.25, 0.3) is 15.9 Å². The van der Waals surface area contributed by atoms with E-state index in [0.29, 0.717) is 39.8 Å². The minimum Gasteiger partial charge on any atom is -0.493 e. The van der Waals surface area contributed by atoms with E-state index in [9.17, 15) is 9.59 Å². The number of carbonyl (C=O) groups excluding carboxylic acids is 1. The number of thioether (sulfide) groups is 1. The van der Waals surface area contributed by atoms with E-state index in [2.05, 4.69) is 0 Å². The Balaban J connectivity index is 1.54. The Kier molecular flexibility index (Phi) is 8.01. The Morgan fingerprint density at radius 3 is 2.61 bits per heavy atom. The molecule has 4 aromatic rings. The molecule has 2 aromatic carbocycles. The zero-order valence-electron chi connectivity index (χ0n) is 21.0. The number of aromatic nitrogens is 2. The van der Waals surface area contributed by atoms with Crippen molar-refractivity contribution in [2.45, 2.75) is 30.7 Å². The van der Waals surface area contributed by atoms with Gasteiger partial charge in [0.2, 0.25) is 5.91 Å². The van der Waals surface area contributed by atoms with Crippen LogP contribution in [0.1, 0.15) is 18.1 Å². The van der Waals surface area contributed by atoms with Crippen LogP contribution in [0.5, 0.6) is 11.5 Å². The van der Waals surface area contributed by atoms with Gasteiger partial charge in [0.1, 0.15) is 4.83 Å². The van der Waals surface area contributed by atoms with E-state index in [0.717, 1.165) is 16.8 Å². The second-order valence-corrected chi connectivity index (χ2v) is 10.6. The number of benzene rings is 2. The molecule has 1 amide bonds. The van der Waals surface area contributed by atoms with Crippen LogP contribution in [0.4, 0.5) is 0 Å². The number of carbonyl (C=O) groups is 1. The fourth-order valence-electron chi connectivity index (χ4n) is 3.96. The molecule has 0 aliphatic rings. The summed E-state index contributed by atoms with van der Waals surface area (Å²) in [4.78, 5) is 33.8. The number of nitrogens with zero attached hydrogens (tertiary/aromatic N) is 3. The number of fused-ring (bicyclic) bond motifs is 1. The predicted molar refractivity (Wildman–Crippen MR) is 146 cm³/mol. The highest BCUT2D eigenvalue weighted by atomic mass is 32.2. The average molecular weight is 524 g/mol. The molecule has 0 saturated carbocycles. The van der Waals surface area contributed by atoms with Gasteiger partial charge in [-0.05, 0) is 61.0 Å². The summed E-state index contributed by atoms with van der Waals surface area (Å²) in [6.07, 6.45) is 0.674. The van der Waals surface area contributed by atoms with Crippen molar-refractivity contribution >= 4 is 39.2 Å². The van der Waals surface area contributed by atoms with Crippen LogP contribution in [0.2, 0.25) is 0 Å². The van der Waals surface area contributed by atoms with E-state index in [1.54, 1.807) is 36.8 Å². The molecule has 0 fully saturated rings. The number of methoxy groups -OCH3 is 2. The molecule has 2 heterocycles. The Hall–Kier alpha value is -3.30. The van der Waals surface area contributed by atoms with Crippen molar-refractivity contribution in [1.82, 2.24) is 14.5 Å². The number of para-hydroxylation sites is 1. The summed E-state index contributed by atoms with van der Waals surface area (Å²) in [5.41, 5.74) is 2.65. The molecule has 0 radical (unpaired) electrons. The smallest absolute Gasteiger partial charge is 0.267 e. The molecule has 0 aliphatic carbocycles. The molecule has 1 atom stereocenters. The number of ether oxygens (including phenoxy) is 2. The monoisotopic (exact) mass is 523 g/mol. The Bertz CT molecular complexity index is 1450. The molecule has 36 heavy (non-hydrogen) atoms. The first-order valence-corrected chi connectivity index (χ1v) is 13.3. The standard InChI is InChI=1S/C27H29N3O4S2/c1-17-8-6-7-9-21(17)30-26(32)20-13-15-35-24(20)28-27(30)36-18(2)25(31)29(3)14-12-19-10-11-22(33-4)23(16-19)34-5/h6-11,13,15-16,18H,12,14H2,1-5H3.